The summed E-state index contributed by atoms with van der Waals surface area (Å²) in [6, 6.07) is 10.1. The molecule has 2 aromatic carbocycles. The highest BCUT2D eigenvalue weighted by atomic mass is 32.1. The summed E-state index contributed by atoms with van der Waals surface area (Å²) in [6.45, 7) is 1.74. The van der Waals surface area contributed by atoms with Gasteiger partial charge in [0.25, 0.3) is 17.3 Å². The minimum Gasteiger partial charge on any atom is -0.494 e. The van der Waals surface area contributed by atoms with Crippen molar-refractivity contribution in [2.45, 2.75) is 6.92 Å². The molecule has 2 aromatic heterocycles. The van der Waals surface area contributed by atoms with Crippen LogP contribution < -0.4 is 10.1 Å². The summed E-state index contributed by atoms with van der Waals surface area (Å²) in [5, 5.41) is 25.2. The molecular formula is C20H14N4O7S. The number of ether oxygens (including phenoxy) is 1. The van der Waals surface area contributed by atoms with Crippen molar-refractivity contribution in [3.8, 4) is 17.1 Å². The average molecular weight is 454 g/mol. The predicted molar refractivity (Wildman–Crippen MR) is 116 cm³/mol. The van der Waals surface area contributed by atoms with Crippen LogP contribution in [-0.2, 0) is 0 Å². The molecule has 32 heavy (non-hydrogen) atoms. The highest BCUT2D eigenvalue weighted by molar-refractivity contribution is 7.22. The Morgan fingerprint density at radius 3 is 2.59 bits per heavy atom. The zero-order valence-corrected chi connectivity index (χ0v) is 17.5. The van der Waals surface area contributed by atoms with Crippen molar-refractivity contribution < 1.29 is 23.8 Å². The van der Waals surface area contributed by atoms with Crippen LogP contribution in [0.4, 0.5) is 16.5 Å². The van der Waals surface area contributed by atoms with Crippen molar-refractivity contribution in [2.75, 3.05) is 12.4 Å². The van der Waals surface area contributed by atoms with Gasteiger partial charge in [0.1, 0.15) is 11.3 Å². The van der Waals surface area contributed by atoms with Crippen molar-refractivity contribution >= 4 is 44.0 Å². The molecular weight excluding hydrogens is 440 g/mol. The van der Waals surface area contributed by atoms with E-state index in [1.807, 2.05) is 0 Å². The van der Waals surface area contributed by atoms with Gasteiger partial charge in [-0.05, 0) is 30.7 Å². The number of aryl methyl sites for hydroxylation is 1. The first-order valence-corrected chi connectivity index (χ1v) is 9.88. The summed E-state index contributed by atoms with van der Waals surface area (Å²) in [5.74, 6) is -0.327. The Morgan fingerprint density at radius 2 is 1.91 bits per heavy atom. The predicted octanol–water partition coefficient (Wildman–Crippen LogP) is 4.94. The number of carbonyl (C=O) groups excluding carboxylic acids is 1. The zero-order valence-electron chi connectivity index (χ0n) is 16.6. The lowest BCUT2D eigenvalue weighted by Gasteiger charge is -2.02. The lowest BCUT2D eigenvalue weighted by Crippen LogP contribution is -2.10. The van der Waals surface area contributed by atoms with Gasteiger partial charge in [0.15, 0.2) is 16.6 Å². The molecule has 162 valence electrons. The third-order valence-electron chi connectivity index (χ3n) is 4.54. The number of nitrogens with one attached hydrogen (secondary N) is 1. The third kappa shape index (κ3) is 3.86. The Balaban J connectivity index is 1.62. The van der Waals surface area contributed by atoms with Crippen molar-refractivity contribution in [1.82, 2.24) is 4.98 Å². The van der Waals surface area contributed by atoms with Crippen LogP contribution >= 0.6 is 11.3 Å². The molecule has 4 rings (SSSR count). The Hall–Kier alpha value is -4.32. The fourth-order valence-electron chi connectivity index (χ4n) is 3.06. The topological polar surface area (TPSA) is 151 Å². The average Bonchev–Trinajstić information content (AvgIpc) is 3.39. The fourth-order valence-corrected chi connectivity index (χ4v) is 3.98. The molecule has 0 atom stereocenters. The summed E-state index contributed by atoms with van der Waals surface area (Å²) in [5.41, 5.74) is 1.04. The number of fused-ring (bicyclic) bond motifs is 1. The maximum absolute atomic E-state index is 12.6. The molecule has 11 nitrogen and oxygen atoms in total. The second kappa shape index (κ2) is 8.07. The van der Waals surface area contributed by atoms with Gasteiger partial charge >= 0.3 is 0 Å². The van der Waals surface area contributed by atoms with Gasteiger partial charge in [-0.3, -0.25) is 30.3 Å². The standard InChI is InChI=1S/C20H14N4O7S/c1-10-3-4-12(13(7-10)24(28)29)14-5-6-15(31-14)19(25)22-20-21-18-16(30-2)8-11(23(26)27)9-17(18)32-20/h3-9H,1-2H3,(H,21,22,25). The van der Waals surface area contributed by atoms with Crippen LogP contribution in [0.15, 0.2) is 46.9 Å². The van der Waals surface area contributed by atoms with Crippen LogP contribution in [0.5, 0.6) is 5.75 Å². The molecule has 0 aliphatic heterocycles. The van der Waals surface area contributed by atoms with Crippen LogP contribution in [0.2, 0.25) is 0 Å². The SMILES string of the molecule is COc1cc([N+](=O)[O-])cc2sc(NC(=O)c3ccc(-c4ccc(C)cc4[N+](=O)[O-])o3)nc12. The van der Waals surface area contributed by atoms with Gasteiger partial charge < -0.3 is 9.15 Å². The highest BCUT2D eigenvalue weighted by Crippen LogP contribution is 2.37. The number of non-ortho nitro benzene ring substituents is 1. The van der Waals surface area contributed by atoms with Gasteiger partial charge in [0.05, 0.1) is 33.3 Å². The first-order chi connectivity index (χ1) is 15.3. The molecule has 4 aromatic rings. The third-order valence-corrected chi connectivity index (χ3v) is 5.46. The molecule has 0 bridgehead atoms. The van der Waals surface area contributed by atoms with E-state index in [1.165, 1.54) is 37.4 Å². The monoisotopic (exact) mass is 454 g/mol. The number of hydrogen-bond donors (Lipinski definition) is 1. The maximum atomic E-state index is 12.6. The molecule has 0 unspecified atom stereocenters. The van der Waals surface area contributed by atoms with Crippen molar-refractivity contribution in [1.29, 1.82) is 0 Å². The smallest absolute Gasteiger partial charge is 0.293 e. The van der Waals surface area contributed by atoms with E-state index in [1.54, 1.807) is 19.1 Å². The molecule has 12 heteroatoms. The van der Waals surface area contributed by atoms with Gasteiger partial charge in [0, 0.05) is 12.1 Å². The molecule has 0 aliphatic rings. The van der Waals surface area contributed by atoms with E-state index < -0.39 is 15.8 Å². The van der Waals surface area contributed by atoms with Gasteiger partial charge in [-0.2, -0.15) is 0 Å². The van der Waals surface area contributed by atoms with Gasteiger partial charge in [-0.15, -0.1) is 0 Å². The number of methoxy groups -OCH3 is 1. The summed E-state index contributed by atoms with van der Waals surface area (Å²) >= 11 is 1.03. The number of thiazole rings is 1. The summed E-state index contributed by atoms with van der Waals surface area (Å²) in [4.78, 5) is 38.3. The number of amides is 1. The van der Waals surface area contributed by atoms with E-state index in [2.05, 4.69) is 10.3 Å². The number of nitrogens with zero attached hydrogens (tertiary/aromatic N) is 3. The summed E-state index contributed by atoms with van der Waals surface area (Å²) < 4.78 is 11.2. The van der Waals surface area contributed by atoms with Crippen molar-refractivity contribution in [3.05, 3.63) is 74.0 Å². The van der Waals surface area contributed by atoms with Crippen LogP contribution in [-0.4, -0.2) is 27.8 Å². The largest absolute Gasteiger partial charge is 0.494 e. The van der Waals surface area contributed by atoms with Gasteiger partial charge in [0.2, 0.25) is 0 Å². The fraction of sp³-hybridized carbons (Fsp3) is 0.100. The molecule has 1 N–H and O–H groups in total. The molecule has 0 aliphatic carbocycles. The van der Waals surface area contributed by atoms with Crippen LogP contribution in [0.1, 0.15) is 16.1 Å². The van der Waals surface area contributed by atoms with Crippen molar-refractivity contribution in [3.63, 3.8) is 0 Å². The lowest BCUT2D eigenvalue weighted by atomic mass is 10.1. The molecule has 1 amide bonds. The number of benzene rings is 2. The van der Waals surface area contributed by atoms with E-state index in [0.29, 0.717) is 10.2 Å². The van der Waals surface area contributed by atoms with Crippen molar-refractivity contribution in [2.24, 2.45) is 0 Å². The molecule has 0 spiro atoms. The maximum Gasteiger partial charge on any atom is 0.293 e. The van der Waals surface area contributed by atoms with Gasteiger partial charge in [-0.25, -0.2) is 4.98 Å². The quantitative estimate of drug-likeness (QED) is 0.318. The summed E-state index contributed by atoms with van der Waals surface area (Å²) in [7, 11) is 1.37. The Kier molecular flexibility index (Phi) is 5.28. The minimum absolute atomic E-state index is 0.0768. The van der Waals surface area contributed by atoms with E-state index in [-0.39, 0.29) is 39.3 Å². The van der Waals surface area contributed by atoms with E-state index >= 15 is 0 Å². The second-order valence-corrected chi connectivity index (χ2v) is 7.70. The first-order valence-electron chi connectivity index (χ1n) is 9.06. The van der Waals surface area contributed by atoms with E-state index in [4.69, 9.17) is 9.15 Å². The Morgan fingerprint density at radius 1 is 1.12 bits per heavy atom. The first kappa shape index (κ1) is 20.9. The van der Waals surface area contributed by atoms with Crippen LogP contribution in [0.25, 0.3) is 21.5 Å². The number of rotatable bonds is 6. The van der Waals surface area contributed by atoms with E-state index in [0.717, 1.165) is 16.9 Å². The van der Waals surface area contributed by atoms with E-state index in [9.17, 15) is 25.0 Å². The molecule has 2 heterocycles. The zero-order chi connectivity index (χ0) is 23.0. The molecule has 0 fully saturated rings. The number of furan rings is 1. The van der Waals surface area contributed by atoms with Gasteiger partial charge in [-0.1, -0.05) is 17.4 Å². The minimum atomic E-state index is -0.626. The number of nitro groups is 2. The molecule has 0 saturated carbocycles. The molecule has 0 saturated heterocycles. The number of nitro benzene ring substituents is 2. The van der Waals surface area contributed by atoms with Crippen LogP contribution in [0, 0.1) is 27.2 Å². The number of anilines is 1. The Labute approximate surface area is 183 Å². The normalized spacial score (nSPS) is 10.8. The van der Waals surface area contributed by atoms with Crippen LogP contribution in [0.3, 0.4) is 0 Å². The number of hydrogen-bond acceptors (Lipinski definition) is 9. The second-order valence-electron chi connectivity index (χ2n) is 6.67. The number of aromatic nitrogens is 1. The summed E-state index contributed by atoms with van der Waals surface area (Å²) in [6.07, 6.45) is 0. The Bertz CT molecular complexity index is 1390. The number of carbonyl (C=O) groups is 1. The molecule has 0 radical (unpaired) electrons. The highest BCUT2D eigenvalue weighted by Gasteiger charge is 2.22. The lowest BCUT2D eigenvalue weighted by molar-refractivity contribution is -0.384.